The molecule has 1 aliphatic rings. The number of anilines is 1. The van der Waals surface area contributed by atoms with E-state index >= 15 is 0 Å². The molecule has 0 bridgehead atoms. The molecule has 1 aromatic heterocycles. The lowest BCUT2D eigenvalue weighted by molar-refractivity contribution is -0.0146. The monoisotopic (exact) mass is 286 g/mol. The molecule has 3 rings (SSSR count). The maximum atomic E-state index is 10.6. The van der Waals surface area contributed by atoms with Gasteiger partial charge in [0.25, 0.3) is 0 Å². The number of para-hydroxylation sites is 1. The summed E-state index contributed by atoms with van der Waals surface area (Å²) in [4.78, 5) is 4.42. The average Bonchev–Trinajstić information content (AvgIpc) is 2.49. The van der Waals surface area contributed by atoms with E-state index in [2.05, 4.69) is 34.3 Å². The molecule has 0 unspecified atom stereocenters. The van der Waals surface area contributed by atoms with Crippen molar-refractivity contribution in [2.75, 3.05) is 11.9 Å². The van der Waals surface area contributed by atoms with Crippen molar-refractivity contribution in [2.45, 2.75) is 45.1 Å². The molecule has 1 heterocycles. The van der Waals surface area contributed by atoms with Gasteiger partial charge in [0.05, 0.1) is 11.1 Å². The van der Waals surface area contributed by atoms with Gasteiger partial charge < -0.3 is 10.4 Å². The van der Waals surface area contributed by atoms with E-state index in [-0.39, 0.29) is 0 Å². The smallest absolute Gasteiger partial charge is 0.243 e. The number of nitrogens with zero attached hydrogens (tertiary/aromatic N) is 3. The quantitative estimate of drug-likeness (QED) is 0.908. The highest BCUT2D eigenvalue weighted by Gasteiger charge is 2.36. The molecule has 1 aromatic carbocycles. The predicted octanol–water partition coefficient (Wildman–Crippen LogP) is 2.77. The van der Waals surface area contributed by atoms with Gasteiger partial charge in [-0.05, 0) is 43.2 Å². The zero-order valence-corrected chi connectivity index (χ0v) is 12.6. The third-order valence-corrected chi connectivity index (χ3v) is 4.47. The summed E-state index contributed by atoms with van der Waals surface area (Å²) in [6, 6.07) is 7.64. The van der Waals surface area contributed by atoms with Gasteiger partial charge in [0, 0.05) is 6.54 Å². The van der Waals surface area contributed by atoms with Crippen molar-refractivity contribution in [2.24, 2.45) is 5.41 Å². The van der Waals surface area contributed by atoms with Crippen LogP contribution in [0.5, 0.6) is 0 Å². The topological polar surface area (TPSA) is 70.9 Å². The summed E-state index contributed by atoms with van der Waals surface area (Å²) in [6.07, 6.45) is 3.71. The van der Waals surface area contributed by atoms with Crippen LogP contribution in [0.25, 0.3) is 11.0 Å². The van der Waals surface area contributed by atoms with E-state index < -0.39 is 5.60 Å². The van der Waals surface area contributed by atoms with Crippen molar-refractivity contribution < 1.29 is 5.11 Å². The Balaban J connectivity index is 1.66. The summed E-state index contributed by atoms with van der Waals surface area (Å²) >= 11 is 0. The second-order valence-corrected chi connectivity index (χ2v) is 6.87. The third kappa shape index (κ3) is 3.29. The number of rotatable bonds is 3. The van der Waals surface area contributed by atoms with E-state index in [0.29, 0.717) is 17.9 Å². The fraction of sp³-hybridized carbons (Fsp3) is 0.562. The van der Waals surface area contributed by atoms with E-state index in [4.69, 9.17) is 0 Å². The van der Waals surface area contributed by atoms with Crippen LogP contribution < -0.4 is 5.32 Å². The molecule has 0 aliphatic heterocycles. The average molecular weight is 286 g/mol. The number of aromatic nitrogens is 3. The SMILES string of the molecule is CC1(C)CCC(O)(CNc2nnc3ccccc3n2)CC1. The predicted molar refractivity (Wildman–Crippen MR) is 83.0 cm³/mol. The molecule has 0 spiro atoms. The summed E-state index contributed by atoms with van der Waals surface area (Å²) in [5, 5.41) is 22.0. The van der Waals surface area contributed by atoms with Gasteiger partial charge in [-0.25, -0.2) is 4.98 Å². The van der Waals surface area contributed by atoms with Gasteiger partial charge in [-0.1, -0.05) is 26.0 Å². The van der Waals surface area contributed by atoms with Crippen LogP contribution in [0.1, 0.15) is 39.5 Å². The van der Waals surface area contributed by atoms with Gasteiger partial charge in [0.15, 0.2) is 0 Å². The summed E-state index contributed by atoms with van der Waals surface area (Å²) in [7, 11) is 0. The molecule has 0 atom stereocenters. The van der Waals surface area contributed by atoms with Crippen LogP contribution in [-0.2, 0) is 0 Å². The van der Waals surface area contributed by atoms with Crippen molar-refractivity contribution in [3.05, 3.63) is 24.3 Å². The molecule has 1 fully saturated rings. The first-order chi connectivity index (χ1) is 9.96. The standard InChI is InChI=1S/C16H22N4O/c1-15(2)7-9-16(21,10-8-15)11-17-14-18-12-5-3-4-6-13(12)19-20-14/h3-6,21H,7-11H2,1-2H3,(H,17,18,20). The lowest BCUT2D eigenvalue weighted by Crippen LogP contribution is -2.42. The number of hydrogen-bond donors (Lipinski definition) is 2. The third-order valence-electron chi connectivity index (χ3n) is 4.47. The molecular formula is C16H22N4O. The largest absolute Gasteiger partial charge is 0.388 e. The van der Waals surface area contributed by atoms with Crippen molar-refractivity contribution in [3.63, 3.8) is 0 Å². The minimum absolute atomic E-state index is 0.341. The summed E-state index contributed by atoms with van der Waals surface area (Å²) in [6.45, 7) is 5.00. The fourth-order valence-electron chi connectivity index (χ4n) is 2.77. The maximum absolute atomic E-state index is 10.6. The molecule has 21 heavy (non-hydrogen) atoms. The highest BCUT2D eigenvalue weighted by molar-refractivity contribution is 5.74. The first-order valence-electron chi connectivity index (χ1n) is 7.52. The van der Waals surface area contributed by atoms with Crippen LogP contribution in [0.4, 0.5) is 5.95 Å². The minimum Gasteiger partial charge on any atom is -0.388 e. The van der Waals surface area contributed by atoms with E-state index in [9.17, 15) is 5.11 Å². The molecule has 1 saturated carbocycles. The second-order valence-electron chi connectivity index (χ2n) is 6.87. The number of aliphatic hydroxyl groups is 1. The maximum Gasteiger partial charge on any atom is 0.243 e. The summed E-state index contributed by atoms with van der Waals surface area (Å²) in [5.41, 5.74) is 1.27. The zero-order valence-electron chi connectivity index (χ0n) is 12.6. The van der Waals surface area contributed by atoms with Crippen LogP contribution >= 0.6 is 0 Å². The van der Waals surface area contributed by atoms with Gasteiger partial charge in [-0.15, -0.1) is 10.2 Å². The first-order valence-corrected chi connectivity index (χ1v) is 7.52. The Morgan fingerprint density at radius 2 is 1.71 bits per heavy atom. The van der Waals surface area contributed by atoms with Crippen molar-refractivity contribution >= 4 is 17.0 Å². The molecular weight excluding hydrogens is 264 g/mol. The Morgan fingerprint density at radius 1 is 1.05 bits per heavy atom. The highest BCUT2D eigenvalue weighted by Crippen LogP contribution is 2.40. The van der Waals surface area contributed by atoms with Crippen LogP contribution in [0, 0.1) is 5.41 Å². The lowest BCUT2D eigenvalue weighted by Gasteiger charge is -2.40. The molecule has 2 N–H and O–H groups in total. The number of nitrogens with one attached hydrogen (secondary N) is 1. The molecule has 0 radical (unpaired) electrons. The van der Waals surface area contributed by atoms with E-state index in [0.717, 1.165) is 36.7 Å². The van der Waals surface area contributed by atoms with Crippen molar-refractivity contribution in [1.82, 2.24) is 15.2 Å². The Bertz CT molecular complexity index is 631. The van der Waals surface area contributed by atoms with Crippen LogP contribution in [0.15, 0.2) is 24.3 Å². The Kier molecular flexibility index (Phi) is 3.53. The van der Waals surface area contributed by atoms with Gasteiger partial charge in [0.1, 0.15) is 5.52 Å². The molecule has 112 valence electrons. The Morgan fingerprint density at radius 3 is 2.43 bits per heavy atom. The van der Waals surface area contributed by atoms with Gasteiger partial charge in [-0.3, -0.25) is 0 Å². The van der Waals surface area contributed by atoms with E-state index in [1.165, 1.54) is 0 Å². The first kappa shape index (κ1) is 14.2. The van der Waals surface area contributed by atoms with Crippen LogP contribution in [-0.4, -0.2) is 32.4 Å². The van der Waals surface area contributed by atoms with E-state index in [1.807, 2.05) is 24.3 Å². The van der Waals surface area contributed by atoms with Crippen molar-refractivity contribution in [1.29, 1.82) is 0 Å². The number of hydrogen-bond acceptors (Lipinski definition) is 5. The van der Waals surface area contributed by atoms with Gasteiger partial charge >= 0.3 is 0 Å². The highest BCUT2D eigenvalue weighted by atomic mass is 16.3. The molecule has 5 nitrogen and oxygen atoms in total. The molecule has 1 aliphatic carbocycles. The molecule has 0 saturated heterocycles. The van der Waals surface area contributed by atoms with Gasteiger partial charge in [-0.2, -0.15) is 0 Å². The molecule has 0 amide bonds. The summed E-state index contributed by atoms with van der Waals surface area (Å²) in [5.74, 6) is 0.479. The van der Waals surface area contributed by atoms with Crippen LogP contribution in [0.2, 0.25) is 0 Å². The second kappa shape index (κ2) is 5.22. The molecule has 2 aromatic rings. The van der Waals surface area contributed by atoms with Crippen molar-refractivity contribution in [3.8, 4) is 0 Å². The Hall–Kier alpha value is -1.75. The van der Waals surface area contributed by atoms with Gasteiger partial charge in [0.2, 0.25) is 5.95 Å². The minimum atomic E-state index is -0.662. The summed E-state index contributed by atoms with van der Waals surface area (Å²) < 4.78 is 0. The van der Waals surface area contributed by atoms with Crippen LogP contribution in [0.3, 0.4) is 0 Å². The fourth-order valence-corrected chi connectivity index (χ4v) is 2.77. The lowest BCUT2D eigenvalue weighted by atomic mass is 9.71. The normalized spacial score (nSPS) is 20.3. The zero-order chi connectivity index (χ0) is 14.9. The number of benzene rings is 1. The number of fused-ring (bicyclic) bond motifs is 1. The molecule has 5 heteroatoms. The Labute approximate surface area is 124 Å². The van der Waals surface area contributed by atoms with E-state index in [1.54, 1.807) is 0 Å².